The summed E-state index contributed by atoms with van der Waals surface area (Å²) in [6.45, 7) is 0.797. The van der Waals surface area contributed by atoms with Crippen LogP contribution in [0.15, 0.2) is 18.3 Å². The lowest BCUT2D eigenvalue weighted by molar-refractivity contribution is -0.385. The molecular formula is C13H17N3O4. The van der Waals surface area contributed by atoms with Crippen LogP contribution in [0.3, 0.4) is 0 Å². The second-order valence-corrected chi connectivity index (χ2v) is 4.88. The fourth-order valence-electron chi connectivity index (χ4n) is 2.44. The largest absolute Gasteiger partial charge is 0.469 e. The number of nitrogens with one attached hydrogen (secondary N) is 1. The first kappa shape index (κ1) is 14.4. The Kier molecular flexibility index (Phi) is 4.62. The topological polar surface area (TPSA) is 94.4 Å². The van der Waals surface area contributed by atoms with Crippen LogP contribution in [-0.2, 0) is 9.53 Å². The first-order valence-corrected chi connectivity index (χ1v) is 6.50. The van der Waals surface area contributed by atoms with E-state index >= 15 is 0 Å². The van der Waals surface area contributed by atoms with Crippen LogP contribution >= 0.6 is 0 Å². The highest BCUT2D eigenvalue weighted by molar-refractivity contribution is 5.69. The van der Waals surface area contributed by atoms with Crippen LogP contribution in [0.25, 0.3) is 0 Å². The summed E-state index contributed by atoms with van der Waals surface area (Å²) in [5.74, 6) is 0.0537. The van der Waals surface area contributed by atoms with Crippen LogP contribution in [0.4, 0.5) is 5.69 Å². The lowest BCUT2D eigenvalue weighted by atomic mass is 9.88. The quantitative estimate of drug-likeness (QED) is 0.511. The lowest BCUT2D eigenvalue weighted by Gasteiger charge is -2.29. The van der Waals surface area contributed by atoms with Crippen molar-refractivity contribution in [3.8, 4) is 0 Å². The summed E-state index contributed by atoms with van der Waals surface area (Å²) in [6.07, 6.45) is 3.36. The second-order valence-electron chi connectivity index (χ2n) is 4.88. The number of carbonyl (C=O) groups excluding carboxylic acids is 1. The molecule has 1 aliphatic rings. The zero-order valence-corrected chi connectivity index (χ0v) is 11.2. The van der Waals surface area contributed by atoms with Crippen molar-refractivity contribution >= 4 is 11.7 Å². The third-order valence-corrected chi connectivity index (χ3v) is 3.53. The smallest absolute Gasteiger partial charge is 0.305 e. The minimum atomic E-state index is -0.467. The van der Waals surface area contributed by atoms with Gasteiger partial charge in [0, 0.05) is 18.5 Å². The Morgan fingerprint density at radius 2 is 2.40 bits per heavy atom. The van der Waals surface area contributed by atoms with E-state index in [9.17, 15) is 14.9 Å². The molecule has 0 radical (unpaired) electrons. The van der Waals surface area contributed by atoms with E-state index < -0.39 is 4.92 Å². The molecule has 7 heteroatoms. The summed E-state index contributed by atoms with van der Waals surface area (Å²) in [5, 5.41) is 13.9. The van der Waals surface area contributed by atoms with Crippen LogP contribution in [-0.4, -0.2) is 29.5 Å². The number of hydrogen-bond donors (Lipinski definition) is 1. The second kappa shape index (κ2) is 6.42. The van der Waals surface area contributed by atoms with E-state index in [1.54, 1.807) is 6.07 Å². The van der Waals surface area contributed by atoms with Crippen molar-refractivity contribution in [2.45, 2.75) is 25.3 Å². The molecule has 0 spiro atoms. The van der Waals surface area contributed by atoms with E-state index in [2.05, 4.69) is 15.0 Å². The van der Waals surface area contributed by atoms with Gasteiger partial charge in [0.15, 0.2) is 0 Å². The van der Waals surface area contributed by atoms with Gasteiger partial charge in [-0.1, -0.05) is 0 Å². The van der Waals surface area contributed by atoms with Gasteiger partial charge in [-0.3, -0.25) is 19.9 Å². The molecule has 2 heterocycles. The van der Waals surface area contributed by atoms with Gasteiger partial charge in [-0.25, -0.2) is 0 Å². The summed E-state index contributed by atoms with van der Waals surface area (Å²) < 4.78 is 4.69. The molecule has 0 aromatic carbocycles. The molecule has 0 bridgehead atoms. The van der Waals surface area contributed by atoms with Gasteiger partial charge in [-0.05, 0) is 31.4 Å². The SMILES string of the molecule is COC(=O)CC1CCNC(c2ccc([N+](=O)[O-])cn2)C1. The number of nitrogens with zero attached hydrogens (tertiary/aromatic N) is 2. The number of ether oxygens (including phenoxy) is 1. The van der Waals surface area contributed by atoms with E-state index in [-0.39, 0.29) is 23.6 Å². The molecule has 7 nitrogen and oxygen atoms in total. The van der Waals surface area contributed by atoms with Crippen molar-refractivity contribution in [1.29, 1.82) is 0 Å². The van der Waals surface area contributed by atoms with Gasteiger partial charge < -0.3 is 10.1 Å². The highest BCUT2D eigenvalue weighted by Gasteiger charge is 2.25. The maximum Gasteiger partial charge on any atom is 0.305 e. The average Bonchev–Trinajstić information content (AvgIpc) is 2.47. The molecule has 1 aromatic heterocycles. The number of esters is 1. The summed E-state index contributed by atoms with van der Waals surface area (Å²) in [4.78, 5) is 25.6. The molecule has 20 heavy (non-hydrogen) atoms. The Hall–Kier alpha value is -2.02. The molecule has 0 amide bonds. The predicted octanol–water partition coefficient (Wildman–Crippen LogP) is 1.59. The van der Waals surface area contributed by atoms with Gasteiger partial charge >= 0.3 is 5.97 Å². The molecule has 1 saturated heterocycles. The van der Waals surface area contributed by atoms with E-state index in [1.807, 2.05) is 0 Å². The Bertz CT molecular complexity index is 489. The van der Waals surface area contributed by atoms with Gasteiger partial charge in [0.25, 0.3) is 5.69 Å². The molecular weight excluding hydrogens is 262 g/mol. The van der Waals surface area contributed by atoms with Gasteiger partial charge in [0.05, 0.1) is 17.7 Å². The Labute approximate surface area is 116 Å². The lowest BCUT2D eigenvalue weighted by Crippen LogP contribution is -2.33. The molecule has 1 N–H and O–H groups in total. The number of nitro groups is 1. The van der Waals surface area contributed by atoms with Crippen molar-refractivity contribution < 1.29 is 14.5 Å². The molecule has 1 aliphatic heterocycles. The fourth-order valence-corrected chi connectivity index (χ4v) is 2.44. The number of hydrogen-bond acceptors (Lipinski definition) is 6. The van der Waals surface area contributed by atoms with Gasteiger partial charge in [0.2, 0.25) is 0 Å². The molecule has 0 saturated carbocycles. The van der Waals surface area contributed by atoms with Crippen LogP contribution in [0, 0.1) is 16.0 Å². The fraction of sp³-hybridized carbons (Fsp3) is 0.538. The standard InChI is InChI=1S/C13H17N3O4/c1-20-13(17)7-9-4-5-14-12(6-9)11-3-2-10(8-15-11)16(18)19/h2-3,8-9,12,14H,4-7H2,1H3. The van der Waals surface area contributed by atoms with Gasteiger partial charge in [-0.15, -0.1) is 0 Å². The normalized spacial score (nSPS) is 22.2. The third-order valence-electron chi connectivity index (χ3n) is 3.53. The number of rotatable bonds is 4. The van der Waals surface area contributed by atoms with Crippen molar-refractivity contribution in [3.63, 3.8) is 0 Å². The number of piperidine rings is 1. The first-order valence-electron chi connectivity index (χ1n) is 6.50. The van der Waals surface area contributed by atoms with Crippen molar-refractivity contribution in [2.75, 3.05) is 13.7 Å². The van der Waals surface area contributed by atoms with E-state index in [0.717, 1.165) is 25.1 Å². The molecule has 2 rings (SSSR count). The summed E-state index contributed by atoms with van der Waals surface area (Å²) >= 11 is 0. The van der Waals surface area contributed by atoms with E-state index in [4.69, 9.17) is 0 Å². The van der Waals surface area contributed by atoms with Crippen LogP contribution in [0.2, 0.25) is 0 Å². The minimum Gasteiger partial charge on any atom is -0.469 e. The molecule has 2 unspecified atom stereocenters. The summed E-state index contributed by atoms with van der Waals surface area (Å²) in [7, 11) is 1.39. The molecule has 2 atom stereocenters. The molecule has 108 valence electrons. The van der Waals surface area contributed by atoms with Crippen molar-refractivity contribution in [3.05, 3.63) is 34.1 Å². The zero-order valence-electron chi connectivity index (χ0n) is 11.2. The van der Waals surface area contributed by atoms with Crippen LogP contribution < -0.4 is 5.32 Å². The Morgan fingerprint density at radius 3 is 3.00 bits per heavy atom. The first-order chi connectivity index (χ1) is 9.60. The van der Waals surface area contributed by atoms with Crippen molar-refractivity contribution in [1.82, 2.24) is 10.3 Å². The maximum absolute atomic E-state index is 11.3. The number of carbonyl (C=O) groups is 1. The van der Waals surface area contributed by atoms with Crippen LogP contribution in [0.1, 0.15) is 31.0 Å². The van der Waals surface area contributed by atoms with Crippen molar-refractivity contribution in [2.24, 2.45) is 5.92 Å². The highest BCUT2D eigenvalue weighted by atomic mass is 16.6. The maximum atomic E-state index is 11.3. The zero-order chi connectivity index (χ0) is 14.5. The summed E-state index contributed by atoms with van der Waals surface area (Å²) in [5.41, 5.74) is 0.751. The number of aromatic nitrogens is 1. The number of pyridine rings is 1. The van der Waals surface area contributed by atoms with Gasteiger partial charge in [-0.2, -0.15) is 0 Å². The van der Waals surface area contributed by atoms with Crippen LogP contribution in [0.5, 0.6) is 0 Å². The number of methoxy groups -OCH3 is 1. The molecule has 0 aliphatic carbocycles. The highest BCUT2D eigenvalue weighted by Crippen LogP contribution is 2.29. The Morgan fingerprint density at radius 1 is 1.60 bits per heavy atom. The van der Waals surface area contributed by atoms with Gasteiger partial charge in [0.1, 0.15) is 6.20 Å². The third kappa shape index (κ3) is 3.51. The average molecular weight is 279 g/mol. The Balaban J connectivity index is 2.01. The monoisotopic (exact) mass is 279 g/mol. The van der Waals surface area contributed by atoms with E-state index in [0.29, 0.717) is 6.42 Å². The summed E-state index contributed by atoms with van der Waals surface area (Å²) in [6, 6.07) is 3.14. The molecule has 1 aromatic rings. The minimum absolute atomic E-state index is 0.0179. The van der Waals surface area contributed by atoms with E-state index in [1.165, 1.54) is 19.4 Å². The molecule has 1 fully saturated rings. The predicted molar refractivity (Wildman–Crippen MR) is 71.0 cm³/mol.